The minimum atomic E-state index is -0.414. The Hall–Kier alpha value is -1.09. The molecule has 1 rings (SSSR count). The van der Waals surface area contributed by atoms with Gasteiger partial charge in [-0.1, -0.05) is 26.8 Å². The van der Waals surface area contributed by atoms with Crippen molar-refractivity contribution in [3.8, 4) is 5.75 Å². The number of aromatic hydroxyl groups is 1. The van der Waals surface area contributed by atoms with Crippen LogP contribution < -0.4 is 5.32 Å². The third-order valence-corrected chi connectivity index (χ3v) is 3.04. The van der Waals surface area contributed by atoms with Crippen LogP contribution in [0.1, 0.15) is 59.6 Å². The lowest BCUT2D eigenvalue weighted by Crippen LogP contribution is -2.43. The maximum atomic E-state index is 13.0. The molecule has 1 unspecified atom stereocenters. The number of phenolic OH excluding ortho intramolecular Hbond substituents is 1. The van der Waals surface area contributed by atoms with Crippen LogP contribution in [0.2, 0.25) is 0 Å². The van der Waals surface area contributed by atoms with Crippen molar-refractivity contribution in [2.75, 3.05) is 0 Å². The van der Waals surface area contributed by atoms with Gasteiger partial charge in [-0.15, -0.1) is 0 Å². The maximum Gasteiger partial charge on any atom is 0.126 e. The van der Waals surface area contributed by atoms with Crippen LogP contribution in [0.15, 0.2) is 18.2 Å². The van der Waals surface area contributed by atoms with Gasteiger partial charge in [0.25, 0.3) is 0 Å². The van der Waals surface area contributed by atoms with Crippen LogP contribution in [-0.2, 0) is 0 Å². The van der Waals surface area contributed by atoms with E-state index in [1.165, 1.54) is 6.07 Å². The van der Waals surface area contributed by atoms with Gasteiger partial charge in [0.1, 0.15) is 11.6 Å². The molecule has 0 aliphatic rings. The van der Waals surface area contributed by atoms with E-state index in [4.69, 9.17) is 0 Å². The van der Waals surface area contributed by atoms with Crippen molar-refractivity contribution in [1.82, 2.24) is 5.32 Å². The van der Waals surface area contributed by atoms with Crippen LogP contribution in [0.3, 0.4) is 0 Å². The fourth-order valence-corrected chi connectivity index (χ4v) is 2.92. The molecule has 0 saturated carbocycles. The Bertz CT molecular complexity index is 435. The summed E-state index contributed by atoms with van der Waals surface area (Å²) in [5.74, 6) is -0.408. The summed E-state index contributed by atoms with van der Waals surface area (Å²) in [6.45, 7) is 12.9. The van der Waals surface area contributed by atoms with Crippen molar-refractivity contribution in [3.63, 3.8) is 0 Å². The molecule has 0 amide bonds. The number of halogens is 1. The topological polar surface area (TPSA) is 32.3 Å². The lowest BCUT2D eigenvalue weighted by atomic mass is 9.81. The first-order valence-electron chi connectivity index (χ1n) is 6.76. The van der Waals surface area contributed by atoms with Crippen LogP contribution >= 0.6 is 0 Å². The average molecular weight is 267 g/mol. The molecule has 2 N–H and O–H groups in total. The highest BCUT2D eigenvalue weighted by atomic mass is 19.1. The van der Waals surface area contributed by atoms with Crippen molar-refractivity contribution in [1.29, 1.82) is 0 Å². The monoisotopic (exact) mass is 267 g/mol. The Labute approximate surface area is 116 Å². The zero-order chi connectivity index (χ0) is 14.8. The Morgan fingerprint density at radius 3 is 2.26 bits per heavy atom. The summed E-state index contributed by atoms with van der Waals surface area (Å²) in [6, 6.07) is 4.14. The fourth-order valence-electron chi connectivity index (χ4n) is 2.92. The highest BCUT2D eigenvalue weighted by Crippen LogP contribution is 2.31. The van der Waals surface area contributed by atoms with Gasteiger partial charge in [-0.3, -0.25) is 0 Å². The number of hydrogen-bond acceptors (Lipinski definition) is 2. The van der Waals surface area contributed by atoms with E-state index in [1.54, 1.807) is 6.07 Å². The van der Waals surface area contributed by atoms with E-state index in [9.17, 15) is 9.50 Å². The van der Waals surface area contributed by atoms with E-state index in [0.717, 1.165) is 18.1 Å². The Morgan fingerprint density at radius 2 is 1.79 bits per heavy atom. The van der Waals surface area contributed by atoms with Gasteiger partial charge < -0.3 is 10.4 Å². The molecule has 2 nitrogen and oxygen atoms in total. The van der Waals surface area contributed by atoms with E-state index in [-0.39, 0.29) is 22.7 Å². The van der Waals surface area contributed by atoms with Gasteiger partial charge in [0, 0.05) is 23.2 Å². The molecule has 1 aromatic rings. The third-order valence-electron chi connectivity index (χ3n) is 3.04. The molecule has 1 aromatic carbocycles. The molecule has 0 aliphatic heterocycles. The van der Waals surface area contributed by atoms with Gasteiger partial charge in [-0.2, -0.15) is 0 Å². The van der Waals surface area contributed by atoms with E-state index >= 15 is 0 Å². The normalized spacial score (nSPS) is 14.5. The zero-order valence-corrected chi connectivity index (χ0v) is 12.8. The molecule has 0 spiro atoms. The number of nitrogens with one attached hydrogen (secondary N) is 1. The van der Waals surface area contributed by atoms with E-state index in [1.807, 2.05) is 6.92 Å². The highest BCUT2D eigenvalue weighted by Gasteiger charge is 2.27. The summed E-state index contributed by atoms with van der Waals surface area (Å²) in [5.41, 5.74) is 0.892. The van der Waals surface area contributed by atoms with Gasteiger partial charge >= 0.3 is 0 Å². The van der Waals surface area contributed by atoms with Gasteiger partial charge in [0.2, 0.25) is 0 Å². The van der Waals surface area contributed by atoms with Gasteiger partial charge in [-0.25, -0.2) is 4.39 Å². The molecule has 0 radical (unpaired) electrons. The minimum absolute atomic E-state index is 0.00607. The second-order valence-electron chi connectivity index (χ2n) is 7.19. The van der Waals surface area contributed by atoms with Crippen LogP contribution in [0.4, 0.5) is 4.39 Å². The molecule has 0 fully saturated rings. The quantitative estimate of drug-likeness (QED) is 0.847. The highest BCUT2D eigenvalue weighted by molar-refractivity contribution is 5.35. The molecule has 0 aliphatic carbocycles. The van der Waals surface area contributed by atoms with E-state index in [2.05, 4.69) is 39.9 Å². The first-order chi connectivity index (χ1) is 8.50. The smallest absolute Gasteiger partial charge is 0.126 e. The van der Waals surface area contributed by atoms with Crippen molar-refractivity contribution in [3.05, 3.63) is 29.6 Å². The van der Waals surface area contributed by atoms with E-state index in [0.29, 0.717) is 0 Å². The first-order valence-corrected chi connectivity index (χ1v) is 6.76. The Kier molecular flexibility index (Phi) is 4.62. The molecular weight excluding hydrogens is 241 g/mol. The second kappa shape index (κ2) is 5.49. The summed E-state index contributed by atoms with van der Waals surface area (Å²) in [7, 11) is 0. The van der Waals surface area contributed by atoms with Crippen molar-refractivity contribution in [2.24, 2.45) is 5.41 Å². The summed E-state index contributed by atoms with van der Waals surface area (Å²) < 4.78 is 13.0. The standard InChI is InChI=1S/C16H26FNO/c1-11(13-8-7-12(17)9-14(13)19)18-16(5,6)10-15(2,3)4/h7-9,11,18-19H,10H2,1-6H3. The van der Waals surface area contributed by atoms with Crippen molar-refractivity contribution >= 4 is 0 Å². The summed E-state index contributed by atoms with van der Waals surface area (Å²) >= 11 is 0. The first kappa shape index (κ1) is 16.0. The Balaban J connectivity index is 2.81. The minimum Gasteiger partial charge on any atom is -0.508 e. The molecule has 1 atom stereocenters. The molecule has 0 aromatic heterocycles. The molecule has 108 valence electrons. The lowest BCUT2D eigenvalue weighted by molar-refractivity contribution is 0.225. The largest absolute Gasteiger partial charge is 0.508 e. The predicted octanol–water partition coefficient (Wildman–Crippen LogP) is 4.40. The predicted molar refractivity (Wildman–Crippen MR) is 77.8 cm³/mol. The molecule has 3 heteroatoms. The fraction of sp³-hybridized carbons (Fsp3) is 0.625. The molecule has 19 heavy (non-hydrogen) atoms. The summed E-state index contributed by atoms with van der Waals surface area (Å²) in [6.07, 6.45) is 1.01. The van der Waals surface area contributed by atoms with Crippen LogP contribution in [-0.4, -0.2) is 10.6 Å². The molecule has 0 saturated heterocycles. The molecule has 0 heterocycles. The van der Waals surface area contributed by atoms with Gasteiger partial charge in [0.05, 0.1) is 0 Å². The van der Waals surface area contributed by atoms with Crippen molar-refractivity contribution < 1.29 is 9.50 Å². The summed E-state index contributed by atoms with van der Waals surface area (Å²) in [5, 5.41) is 13.3. The van der Waals surface area contributed by atoms with Crippen LogP contribution in [0.5, 0.6) is 5.75 Å². The lowest BCUT2D eigenvalue weighted by Gasteiger charge is -2.36. The number of hydrogen-bond donors (Lipinski definition) is 2. The number of rotatable bonds is 4. The number of phenols is 1. The molecule has 0 bridgehead atoms. The number of benzene rings is 1. The second-order valence-corrected chi connectivity index (χ2v) is 7.19. The maximum absolute atomic E-state index is 13.0. The van der Waals surface area contributed by atoms with Crippen molar-refractivity contribution in [2.45, 2.75) is 59.5 Å². The molecular formula is C16H26FNO. The average Bonchev–Trinajstić information content (AvgIpc) is 2.11. The van der Waals surface area contributed by atoms with E-state index < -0.39 is 5.82 Å². The van der Waals surface area contributed by atoms with Crippen LogP contribution in [0.25, 0.3) is 0 Å². The Morgan fingerprint density at radius 1 is 1.21 bits per heavy atom. The van der Waals surface area contributed by atoms with Crippen LogP contribution in [0, 0.1) is 11.2 Å². The zero-order valence-electron chi connectivity index (χ0n) is 12.8. The summed E-state index contributed by atoms with van der Waals surface area (Å²) in [4.78, 5) is 0. The third kappa shape index (κ3) is 5.19. The van der Waals surface area contributed by atoms with Gasteiger partial charge in [0.15, 0.2) is 0 Å². The van der Waals surface area contributed by atoms with Gasteiger partial charge in [-0.05, 0) is 38.7 Å². The SMILES string of the molecule is CC(NC(C)(C)CC(C)(C)C)c1ccc(F)cc1O.